The van der Waals surface area contributed by atoms with E-state index in [0.29, 0.717) is 34.0 Å². The first-order valence-electron chi connectivity index (χ1n) is 8.10. The Morgan fingerprint density at radius 1 is 1.28 bits per heavy atom. The van der Waals surface area contributed by atoms with Crippen molar-refractivity contribution in [1.29, 1.82) is 0 Å². The fourth-order valence-corrected chi connectivity index (χ4v) is 2.57. The first-order valence-corrected chi connectivity index (χ1v) is 8.48. The number of H-pyrrole nitrogens is 1. The molecule has 0 fully saturated rings. The zero-order valence-corrected chi connectivity index (χ0v) is 15.6. The van der Waals surface area contributed by atoms with Gasteiger partial charge in [-0.1, -0.05) is 16.8 Å². The minimum absolute atomic E-state index is 0.223. The van der Waals surface area contributed by atoms with Crippen LogP contribution in [0.5, 0.6) is 11.5 Å². The number of ether oxygens (including phenoxy) is 1. The minimum Gasteiger partial charge on any atom is -0.450 e. The minimum atomic E-state index is -0.809. The summed E-state index contributed by atoms with van der Waals surface area (Å²) in [4.78, 5) is 16.6. The standard InChI is InChI=1S/C14H10ClF2N3O.C4H4N2O2/c1-18-7-4-9(16)13(10(17)5-7)21-11-2-3-19-14-12(11)8(15)6-20-14;7-3-5-4-1-2-8-6-4/h2-6,18H,1H3,(H,19,20);1-3H,(H,5,6,7). The average molecular weight is 422 g/mol. The van der Waals surface area contributed by atoms with Crippen molar-refractivity contribution < 1.29 is 22.8 Å². The lowest BCUT2D eigenvalue weighted by atomic mass is 10.2. The van der Waals surface area contributed by atoms with Gasteiger partial charge in [0.1, 0.15) is 17.7 Å². The molecule has 0 saturated carbocycles. The predicted octanol–water partition coefficient (Wildman–Crippen LogP) is 4.57. The van der Waals surface area contributed by atoms with Crippen LogP contribution in [0.15, 0.2) is 47.4 Å². The van der Waals surface area contributed by atoms with Crippen LogP contribution in [-0.4, -0.2) is 28.6 Å². The Balaban J connectivity index is 0.000000252. The Bertz CT molecular complexity index is 1100. The number of halogens is 3. The van der Waals surface area contributed by atoms with Gasteiger partial charge >= 0.3 is 0 Å². The number of nitrogens with one attached hydrogen (secondary N) is 3. The largest absolute Gasteiger partial charge is 0.450 e. The first kappa shape index (κ1) is 20.1. The molecule has 0 spiro atoms. The van der Waals surface area contributed by atoms with Crippen molar-refractivity contribution in [3.05, 3.63) is 59.6 Å². The molecule has 3 N–H and O–H groups in total. The van der Waals surface area contributed by atoms with E-state index in [-0.39, 0.29) is 5.75 Å². The Morgan fingerprint density at radius 2 is 2.03 bits per heavy atom. The number of aromatic nitrogens is 3. The summed E-state index contributed by atoms with van der Waals surface area (Å²) in [5.74, 6) is -1.45. The van der Waals surface area contributed by atoms with Crippen LogP contribution in [0.1, 0.15) is 0 Å². The van der Waals surface area contributed by atoms with E-state index in [1.807, 2.05) is 0 Å². The van der Waals surface area contributed by atoms with Gasteiger partial charge in [-0.2, -0.15) is 0 Å². The van der Waals surface area contributed by atoms with E-state index >= 15 is 0 Å². The number of carbonyl (C=O) groups excluding carboxylic acids is 1. The highest BCUT2D eigenvalue weighted by Crippen LogP contribution is 2.36. The molecule has 1 aromatic carbocycles. The summed E-state index contributed by atoms with van der Waals surface area (Å²) in [6.45, 7) is 0. The second kappa shape index (κ2) is 9.02. The molecule has 8 nitrogen and oxygen atoms in total. The molecular formula is C18H14ClF2N5O3. The summed E-state index contributed by atoms with van der Waals surface area (Å²) in [6, 6.07) is 5.34. The van der Waals surface area contributed by atoms with Gasteiger partial charge in [0.05, 0.1) is 10.4 Å². The molecule has 0 saturated heterocycles. The molecule has 29 heavy (non-hydrogen) atoms. The molecule has 0 aliphatic heterocycles. The SMILES string of the molecule is CNc1cc(F)c(Oc2ccnc3[nH]cc(Cl)c23)c(F)c1.O=CNc1ccon1. The van der Waals surface area contributed by atoms with E-state index in [9.17, 15) is 13.6 Å². The smallest absolute Gasteiger partial charge is 0.212 e. The number of nitrogens with zero attached hydrogens (tertiary/aromatic N) is 2. The lowest BCUT2D eigenvalue weighted by Gasteiger charge is -2.10. The number of fused-ring (bicyclic) bond motifs is 1. The predicted molar refractivity (Wildman–Crippen MR) is 103 cm³/mol. The first-order chi connectivity index (χ1) is 14.0. The van der Waals surface area contributed by atoms with Crippen LogP contribution >= 0.6 is 11.6 Å². The summed E-state index contributed by atoms with van der Waals surface area (Å²) >= 11 is 6.02. The van der Waals surface area contributed by atoms with Crippen molar-refractivity contribution >= 4 is 40.5 Å². The third kappa shape index (κ3) is 4.61. The van der Waals surface area contributed by atoms with Crippen molar-refractivity contribution in [2.45, 2.75) is 0 Å². The number of carbonyl (C=O) groups is 1. The van der Waals surface area contributed by atoms with Gasteiger partial charge < -0.3 is 24.9 Å². The van der Waals surface area contributed by atoms with Crippen LogP contribution in [0.2, 0.25) is 5.02 Å². The van der Waals surface area contributed by atoms with E-state index in [1.54, 1.807) is 13.1 Å². The summed E-state index contributed by atoms with van der Waals surface area (Å²) in [5.41, 5.74) is 0.794. The molecular weight excluding hydrogens is 408 g/mol. The number of hydrogen-bond acceptors (Lipinski definition) is 6. The number of pyridine rings is 1. The lowest BCUT2D eigenvalue weighted by Crippen LogP contribution is -1.97. The third-order valence-electron chi connectivity index (χ3n) is 3.63. The molecule has 0 bridgehead atoms. The van der Waals surface area contributed by atoms with Crippen molar-refractivity contribution in [3.63, 3.8) is 0 Å². The molecule has 4 aromatic rings. The molecule has 4 rings (SSSR count). The quantitative estimate of drug-likeness (QED) is 0.408. The van der Waals surface area contributed by atoms with Crippen molar-refractivity contribution in [2.75, 3.05) is 17.7 Å². The van der Waals surface area contributed by atoms with Gasteiger partial charge in [-0.3, -0.25) is 4.79 Å². The molecule has 11 heteroatoms. The van der Waals surface area contributed by atoms with E-state index in [0.717, 1.165) is 12.1 Å². The number of hydrogen-bond donors (Lipinski definition) is 3. The Hall–Kier alpha value is -3.66. The normalized spacial score (nSPS) is 10.2. The number of aromatic amines is 1. The van der Waals surface area contributed by atoms with E-state index in [4.69, 9.17) is 16.3 Å². The van der Waals surface area contributed by atoms with Gasteiger partial charge in [0.2, 0.25) is 6.41 Å². The van der Waals surface area contributed by atoms with Crippen LogP contribution in [-0.2, 0) is 4.79 Å². The number of amides is 1. The second-order valence-corrected chi connectivity index (χ2v) is 5.84. The van der Waals surface area contributed by atoms with Crippen molar-refractivity contribution in [2.24, 2.45) is 0 Å². The number of rotatable bonds is 5. The summed E-state index contributed by atoms with van der Waals surface area (Å²) < 4.78 is 37.7. The van der Waals surface area contributed by atoms with Crippen LogP contribution in [0.25, 0.3) is 11.0 Å². The summed E-state index contributed by atoms with van der Waals surface area (Å²) in [5, 5.41) is 9.18. The van der Waals surface area contributed by atoms with Gasteiger partial charge in [-0.15, -0.1) is 0 Å². The zero-order valence-electron chi connectivity index (χ0n) is 14.9. The monoisotopic (exact) mass is 421 g/mol. The molecule has 3 aromatic heterocycles. The van der Waals surface area contributed by atoms with E-state index < -0.39 is 17.4 Å². The number of benzene rings is 1. The fraction of sp³-hybridized carbons (Fsp3) is 0.0556. The summed E-state index contributed by atoms with van der Waals surface area (Å²) in [6.07, 6.45) is 4.91. The second-order valence-electron chi connectivity index (χ2n) is 5.44. The Kier molecular flexibility index (Phi) is 6.25. The summed E-state index contributed by atoms with van der Waals surface area (Å²) in [7, 11) is 1.57. The van der Waals surface area contributed by atoms with Gasteiger partial charge in [0, 0.05) is 43.3 Å². The van der Waals surface area contributed by atoms with Crippen molar-refractivity contribution in [1.82, 2.24) is 15.1 Å². The van der Waals surface area contributed by atoms with Crippen LogP contribution in [0, 0.1) is 11.6 Å². The molecule has 0 aliphatic rings. The third-order valence-corrected chi connectivity index (χ3v) is 3.93. The van der Waals surface area contributed by atoms with Crippen LogP contribution < -0.4 is 15.4 Å². The fourth-order valence-electron chi connectivity index (χ4n) is 2.33. The lowest BCUT2D eigenvalue weighted by molar-refractivity contribution is -0.105. The average Bonchev–Trinajstić information content (AvgIpc) is 3.36. The van der Waals surface area contributed by atoms with Gasteiger partial charge in [-0.25, -0.2) is 13.8 Å². The molecule has 0 unspecified atom stereocenters. The topological polar surface area (TPSA) is 105 Å². The molecule has 1 amide bonds. The van der Waals surface area contributed by atoms with Crippen molar-refractivity contribution in [3.8, 4) is 11.5 Å². The van der Waals surface area contributed by atoms with Gasteiger partial charge in [-0.05, 0) is 6.07 Å². The molecule has 0 aliphatic carbocycles. The zero-order chi connectivity index (χ0) is 20.8. The van der Waals surface area contributed by atoms with E-state index in [1.165, 1.54) is 24.7 Å². The van der Waals surface area contributed by atoms with Crippen LogP contribution in [0.3, 0.4) is 0 Å². The van der Waals surface area contributed by atoms with Gasteiger partial charge in [0.25, 0.3) is 0 Å². The molecule has 3 heterocycles. The Labute approximate surface area is 167 Å². The molecule has 0 atom stereocenters. The maximum atomic E-state index is 13.9. The van der Waals surface area contributed by atoms with Gasteiger partial charge in [0.15, 0.2) is 23.2 Å². The number of anilines is 2. The maximum Gasteiger partial charge on any atom is 0.212 e. The highest BCUT2D eigenvalue weighted by molar-refractivity contribution is 6.36. The highest BCUT2D eigenvalue weighted by atomic mass is 35.5. The highest BCUT2D eigenvalue weighted by Gasteiger charge is 2.16. The maximum absolute atomic E-state index is 13.9. The molecule has 0 radical (unpaired) electrons. The molecule has 150 valence electrons. The Morgan fingerprint density at radius 3 is 2.66 bits per heavy atom. The van der Waals surface area contributed by atoms with E-state index in [2.05, 4.69) is 30.3 Å². The van der Waals surface area contributed by atoms with Crippen LogP contribution in [0.4, 0.5) is 20.3 Å².